The van der Waals surface area contributed by atoms with Gasteiger partial charge in [-0.25, -0.2) is 9.59 Å². The number of hydrogen-bond acceptors (Lipinski definition) is 5. The molecule has 0 aromatic rings. The van der Waals surface area contributed by atoms with Crippen molar-refractivity contribution in [2.24, 2.45) is 0 Å². The Labute approximate surface area is 85.3 Å². The molecule has 0 fully saturated rings. The van der Waals surface area contributed by atoms with Crippen molar-refractivity contribution in [3.05, 3.63) is 0 Å². The van der Waals surface area contributed by atoms with Crippen molar-refractivity contribution in [2.45, 2.75) is 6.42 Å². The molecule has 8 heteroatoms. The number of aliphatic carboxylic acids is 2. The van der Waals surface area contributed by atoms with E-state index in [1.54, 1.807) is 0 Å². The SMILES string of the molecule is O=C(O)CC(=O)OC(=O)C(=O)O.[H-].[Li+]. The Morgan fingerprint density at radius 3 is 1.92 bits per heavy atom. The van der Waals surface area contributed by atoms with E-state index in [2.05, 4.69) is 4.74 Å². The van der Waals surface area contributed by atoms with Crippen LogP contribution in [0.2, 0.25) is 0 Å². The van der Waals surface area contributed by atoms with Gasteiger partial charge >= 0.3 is 42.7 Å². The zero-order chi connectivity index (χ0) is 9.72. The van der Waals surface area contributed by atoms with Crippen LogP contribution in [0.3, 0.4) is 0 Å². The van der Waals surface area contributed by atoms with E-state index < -0.39 is 30.3 Å². The molecule has 0 unspecified atom stereocenters. The molecule has 7 nitrogen and oxygen atoms in total. The van der Waals surface area contributed by atoms with E-state index in [9.17, 15) is 19.2 Å². The van der Waals surface area contributed by atoms with Crippen LogP contribution < -0.4 is 18.9 Å². The molecule has 0 aromatic heterocycles. The summed E-state index contributed by atoms with van der Waals surface area (Å²) in [4.78, 5) is 39.9. The van der Waals surface area contributed by atoms with Gasteiger partial charge in [-0.2, -0.15) is 0 Å². The van der Waals surface area contributed by atoms with E-state index in [4.69, 9.17) is 10.2 Å². The number of esters is 2. The van der Waals surface area contributed by atoms with Crippen LogP contribution in [0.5, 0.6) is 0 Å². The Morgan fingerprint density at radius 1 is 1.15 bits per heavy atom. The minimum absolute atomic E-state index is 0. The molecule has 2 N–H and O–H groups in total. The molecule has 13 heavy (non-hydrogen) atoms. The van der Waals surface area contributed by atoms with E-state index >= 15 is 0 Å². The second-order valence-electron chi connectivity index (χ2n) is 1.64. The Kier molecular flexibility index (Phi) is 6.80. The van der Waals surface area contributed by atoms with Gasteiger partial charge in [0.2, 0.25) is 0 Å². The molecule has 0 aliphatic carbocycles. The first-order valence-corrected chi connectivity index (χ1v) is 2.63. The number of carbonyl (C=O) groups excluding carboxylic acids is 2. The first-order valence-electron chi connectivity index (χ1n) is 2.63. The quantitative estimate of drug-likeness (QED) is 0.193. The van der Waals surface area contributed by atoms with Gasteiger partial charge in [-0.3, -0.25) is 9.59 Å². The summed E-state index contributed by atoms with van der Waals surface area (Å²) in [6.07, 6.45) is -1.04. The normalized spacial score (nSPS) is 8.00. The predicted octanol–water partition coefficient (Wildman–Crippen LogP) is -4.27. The molecular formula is C5H5LiO7. The van der Waals surface area contributed by atoms with Crippen molar-refractivity contribution in [2.75, 3.05) is 0 Å². The van der Waals surface area contributed by atoms with Gasteiger partial charge in [0.15, 0.2) is 0 Å². The molecule has 0 spiro atoms. The van der Waals surface area contributed by atoms with E-state index in [1.807, 2.05) is 0 Å². The van der Waals surface area contributed by atoms with E-state index in [0.29, 0.717) is 0 Å². The molecular weight excluding hydrogens is 179 g/mol. The molecule has 0 saturated heterocycles. The smallest absolute Gasteiger partial charge is 1.00 e. The van der Waals surface area contributed by atoms with Crippen LogP contribution in [-0.2, 0) is 23.9 Å². The zero-order valence-electron chi connectivity index (χ0n) is 7.64. The molecule has 0 saturated carbocycles. The monoisotopic (exact) mass is 184 g/mol. The Balaban J connectivity index is -0.000000605. The van der Waals surface area contributed by atoms with Gasteiger partial charge in [-0.1, -0.05) is 0 Å². The van der Waals surface area contributed by atoms with E-state index in [1.165, 1.54) is 0 Å². The summed E-state index contributed by atoms with van der Waals surface area (Å²) >= 11 is 0. The predicted molar refractivity (Wildman–Crippen MR) is 32.1 cm³/mol. The van der Waals surface area contributed by atoms with Gasteiger partial charge in [0.05, 0.1) is 0 Å². The number of ether oxygens (including phenoxy) is 1. The minimum atomic E-state index is -1.95. The summed E-state index contributed by atoms with van der Waals surface area (Å²) in [7, 11) is 0. The van der Waals surface area contributed by atoms with Gasteiger partial charge < -0.3 is 16.4 Å². The summed E-state index contributed by atoms with van der Waals surface area (Å²) < 4.78 is 3.56. The van der Waals surface area contributed by atoms with Crippen LogP contribution in [-0.4, -0.2) is 34.1 Å². The third-order valence-corrected chi connectivity index (χ3v) is 0.677. The van der Waals surface area contributed by atoms with Crippen molar-refractivity contribution in [3.63, 3.8) is 0 Å². The first kappa shape index (κ1) is 14.2. The standard InChI is InChI=1S/C5H4O7.Li.H/c6-2(7)1-3(8)12-5(11)4(9)10;;/h1H2,(H,6,7)(H,9,10);;/q;+1;-1. The van der Waals surface area contributed by atoms with Gasteiger partial charge in [-0.05, 0) is 0 Å². The number of carbonyl (C=O) groups is 4. The summed E-state index contributed by atoms with van der Waals surface area (Å²) in [5, 5.41) is 15.9. The average Bonchev–Trinajstić information content (AvgIpc) is 1.84. The largest absolute Gasteiger partial charge is 1.00 e. The maximum atomic E-state index is 10.3. The molecule has 0 aromatic carbocycles. The van der Waals surface area contributed by atoms with E-state index in [0.717, 1.165) is 0 Å². The van der Waals surface area contributed by atoms with Gasteiger partial charge in [-0.15, -0.1) is 0 Å². The Bertz CT molecular complexity index is 250. The first-order chi connectivity index (χ1) is 5.43. The molecule has 0 amide bonds. The molecule has 0 bridgehead atoms. The third-order valence-electron chi connectivity index (χ3n) is 0.677. The fourth-order valence-corrected chi connectivity index (χ4v) is 0.307. The second-order valence-corrected chi connectivity index (χ2v) is 1.64. The average molecular weight is 184 g/mol. The van der Waals surface area contributed by atoms with Crippen LogP contribution >= 0.6 is 0 Å². The van der Waals surface area contributed by atoms with Crippen LogP contribution in [0.1, 0.15) is 7.85 Å². The Hall–Kier alpha value is -1.32. The number of rotatable bonds is 2. The van der Waals surface area contributed by atoms with Gasteiger partial charge in [0, 0.05) is 0 Å². The topological polar surface area (TPSA) is 118 Å². The van der Waals surface area contributed by atoms with Crippen LogP contribution in [0.25, 0.3) is 0 Å². The molecule has 0 aliphatic rings. The summed E-state index contributed by atoms with van der Waals surface area (Å²) in [6.45, 7) is 0. The van der Waals surface area contributed by atoms with Crippen molar-refractivity contribution in [3.8, 4) is 0 Å². The van der Waals surface area contributed by atoms with Crippen molar-refractivity contribution >= 4 is 23.9 Å². The van der Waals surface area contributed by atoms with Crippen molar-refractivity contribution in [1.29, 1.82) is 0 Å². The summed E-state index contributed by atoms with van der Waals surface area (Å²) in [5.41, 5.74) is 0. The van der Waals surface area contributed by atoms with Crippen molar-refractivity contribution < 1.29 is 54.4 Å². The van der Waals surface area contributed by atoms with Crippen LogP contribution in [0, 0.1) is 0 Å². The third kappa shape index (κ3) is 7.05. The number of carboxylic acids is 2. The van der Waals surface area contributed by atoms with Crippen LogP contribution in [0.4, 0.5) is 0 Å². The molecule has 0 rings (SSSR count). The summed E-state index contributed by atoms with van der Waals surface area (Å²) in [5.74, 6) is -6.65. The maximum absolute atomic E-state index is 10.3. The van der Waals surface area contributed by atoms with Crippen LogP contribution in [0.15, 0.2) is 0 Å². The zero-order valence-corrected chi connectivity index (χ0v) is 6.64. The van der Waals surface area contributed by atoms with Gasteiger partial charge in [0.25, 0.3) is 0 Å². The maximum Gasteiger partial charge on any atom is 1.00 e. The van der Waals surface area contributed by atoms with Gasteiger partial charge in [0.1, 0.15) is 6.42 Å². The molecule has 0 aliphatic heterocycles. The number of carboxylic acid groups (broad SMARTS) is 2. The molecule has 0 radical (unpaired) electrons. The molecule has 0 atom stereocenters. The fraction of sp³-hybridized carbons (Fsp3) is 0.200. The molecule has 0 heterocycles. The Morgan fingerprint density at radius 2 is 1.62 bits per heavy atom. The minimum Gasteiger partial charge on any atom is -1.00 e. The summed E-state index contributed by atoms with van der Waals surface area (Å²) in [6, 6.07) is 0. The number of hydrogen-bond donors (Lipinski definition) is 2. The fourth-order valence-electron chi connectivity index (χ4n) is 0.307. The second kappa shape index (κ2) is 6.22. The van der Waals surface area contributed by atoms with Crippen molar-refractivity contribution in [1.82, 2.24) is 0 Å². The van der Waals surface area contributed by atoms with E-state index in [-0.39, 0.29) is 20.3 Å². The molecule has 68 valence electrons.